The molecule has 12 heteroatoms. The number of imide groups is 1. The second-order valence-corrected chi connectivity index (χ2v) is 10.7. The molecule has 0 bridgehead atoms. The summed E-state index contributed by atoms with van der Waals surface area (Å²) in [5.74, 6) is -1.31. The zero-order valence-corrected chi connectivity index (χ0v) is 21.4. The van der Waals surface area contributed by atoms with Crippen LogP contribution in [0.5, 0.6) is 0 Å². The fourth-order valence-electron chi connectivity index (χ4n) is 4.78. The highest BCUT2D eigenvalue weighted by atomic mass is 32.1. The molecular formula is C26H28F2N6O3S. The fourth-order valence-corrected chi connectivity index (χ4v) is 5.66. The lowest BCUT2D eigenvalue weighted by atomic mass is 9.97. The van der Waals surface area contributed by atoms with E-state index in [9.17, 15) is 23.2 Å². The molecule has 0 saturated carbocycles. The van der Waals surface area contributed by atoms with Crippen LogP contribution in [0.2, 0.25) is 0 Å². The summed E-state index contributed by atoms with van der Waals surface area (Å²) in [7, 11) is 0. The molecule has 5 rings (SSSR count). The van der Waals surface area contributed by atoms with Gasteiger partial charge in [0.2, 0.25) is 18.2 Å². The summed E-state index contributed by atoms with van der Waals surface area (Å²) >= 11 is 1.44. The van der Waals surface area contributed by atoms with Crippen molar-refractivity contribution in [3.63, 3.8) is 0 Å². The van der Waals surface area contributed by atoms with Gasteiger partial charge >= 0.3 is 0 Å². The number of halogens is 2. The number of thiophene rings is 1. The van der Waals surface area contributed by atoms with E-state index in [1.807, 2.05) is 35.7 Å². The third-order valence-corrected chi connectivity index (χ3v) is 7.89. The molecule has 2 aliphatic heterocycles. The number of nitrogens with one attached hydrogen (secondary N) is 2. The number of anilines is 1. The number of aromatic nitrogens is 3. The third-order valence-electron chi connectivity index (χ3n) is 6.96. The Hall–Kier alpha value is -3.51. The monoisotopic (exact) mass is 542 g/mol. The van der Waals surface area contributed by atoms with Gasteiger partial charge in [0.05, 0.1) is 12.6 Å². The Kier molecular flexibility index (Phi) is 7.89. The zero-order valence-electron chi connectivity index (χ0n) is 20.6. The molecule has 1 unspecified atom stereocenters. The number of piperidine rings is 2. The molecule has 2 fully saturated rings. The number of hydrogen-bond acceptors (Lipinski definition) is 7. The number of carbonyl (C=O) groups is 3. The first kappa shape index (κ1) is 26.1. The van der Waals surface area contributed by atoms with Crippen LogP contribution in [0.15, 0.2) is 41.9 Å². The van der Waals surface area contributed by atoms with Gasteiger partial charge in [-0.05, 0) is 56.1 Å². The first-order chi connectivity index (χ1) is 18.3. The Morgan fingerprint density at radius 1 is 1.16 bits per heavy atom. The second-order valence-electron chi connectivity index (χ2n) is 9.72. The normalized spacial score (nSPS) is 19.1. The predicted molar refractivity (Wildman–Crippen MR) is 138 cm³/mol. The van der Waals surface area contributed by atoms with Crippen molar-refractivity contribution in [3.8, 4) is 11.3 Å². The summed E-state index contributed by atoms with van der Waals surface area (Å²) in [6.07, 6.45) is 1.32. The lowest BCUT2D eigenvalue weighted by molar-refractivity contribution is -0.136. The van der Waals surface area contributed by atoms with Gasteiger partial charge < -0.3 is 5.32 Å². The summed E-state index contributed by atoms with van der Waals surface area (Å²) in [5, 5.41) is 15.3. The number of amides is 3. The molecule has 4 heterocycles. The Labute approximate surface area is 222 Å². The number of carbonyl (C=O) groups excluding carboxylic acids is 3. The van der Waals surface area contributed by atoms with Crippen LogP contribution >= 0.6 is 11.3 Å². The van der Waals surface area contributed by atoms with Gasteiger partial charge in [-0.1, -0.05) is 17.3 Å². The van der Waals surface area contributed by atoms with E-state index in [1.165, 1.54) is 16.0 Å². The zero-order chi connectivity index (χ0) is 26.6. The van der Waals surface area contributed by atoms with Gasteiger partial charge in [-0.3, -0.25) is 24.6 Å². The van der Waals surface area contributed by atoms with E-state index in [4.69, 9.17) is 0 Å². The van der Waals surface area contributed by atoms with E-state index in [2.05, 4.69) is 25.8 Å². The number of likely N-dealkylation sites (tertiary alicyclic amines) is 1. The maximum absolute atomic E-state index is 12.8. The SMILES string of the molecule is O=C1CCC(n2cc(-c3csc(CC(=O)Nc4ccc(CN5CCC(C(F)F)CC5)cc4)c3)nn2)C(=O)N1. The lowest BCUT2D eigenvalue weighted by Gasteiger charge is -2.31. The van der Waals surface area contributed by atoms with Crippen molar-refractivity contribution in [2.24, 2.45) is 5.92 Å². The molecule has 9 nitrogen and oxygen atoms in total. The van der Waals surface area contributed by atoms with Gasteiger partial charge in [-0.2, -0.15) is 0 Å². The number of hydrogen-bond donors (Lipinski definition) is 2. The standard InChI is InChI=1S/C26H28F2N6O3S/c27-25(28)17-7-9-33(10-8-17)13-16-1-3-19(4-2-16)29-24(36)12-20-11-18(15-38-20)21-14-34(32-31-21)22-5-6-23(35)30-26(22)37/h1-4,11,14-15,17,22,25H,5-10,12-13H2,(H,29,36)(H,30,35,37). The number of alkyl halides is 2. The maximum Gasteiger partial charge on any atom is 0.251 e. The van der Waals surface area contributed by atoms with E-state index >= 15 is 0 Å². The Morgan fingerprint density at radius 2 is 1.92 bits per heavy atom. The molecule has 1 atom stereocenters. The van der Waals surface area contributed by atoms with Crippen molar-refractivity contribution in [3.05, 3.63) is 52.3 Å². The van der Waals surface area contributed by atoms with Crippen molar-refractivity contribution in [2.75, 3.05) is 18.4 Å². The highest BCUT2D eigenvalue weighted by molar-refractivity contribution is 7.10. The van der Waals surface area contributed by atoms with E-state index < -0.39 is 18.4 Å². The molecule has 2 saturated heterocycles. The molecule has 3 amide bonds. The molecule has 0 radical (unpaired) electrons. The van der Waals surface area contributed by atoms with Gasteiger partial charge in [0.1, 0.15) is 11.7 Å². The molecule has 0 spiro atoms. The van der Waals surface area contributed by atoms with Gasteiger partial charge in [-0.25, -0.2) is 13.5 Å². The van der Waals surface area contributed by atoms with E-state index in [0.29, 0.717) is 50.3 Å². The highest BCUT2D eigenvalue weighted by Crippen LogP contribution is 2.27. The van der Waals surface area contributed by atoms with Crippen molar-refractivity contribution in [2.45, 2.75) is 51.1 Å². The van der Waals surface area contributed by atoms with Gasteiger partial charge in [0.25, 0.3) is 5.91 Å². The van der Waals surface area contributed by atoms with Gasteiger partial charge in [-0.15, -0.1) is 16.4 Å². The van der Waals surface area contributed by atoms with Crippen molar-refractivity contribution in [1.82, 2.24) is 25.2 Å². The van der Waals surface area contributed by atoms with Crippen molar-refractivity contribution < 1.29 is 23.2 Å². The molecule has 0 aliphatic carbocycles. The minimum Gasteiger partial charge on any atom is -0.326 e. The van der Waals surface area contributed by atoms with Crippen LogP contribution in [0.3, 0.4) is 0 Å². The molecule has 3 aromatic rings. The van der Waals surface area contributed by atoms with Crippen LogP contribution in [0, 0.1) is 5.92 Å². The summed E-state index contributed by atoms with van der Waals surface area (Å²) in [5.41, 5.74) is 3.16. The average molecular weight is 543 g/mol. The van der Waals surface area contributed by atoms with Gasteiger partial charge in [0.15, 0.2) is 0 Å². The topological polar surface area (TPSA) is 109 Å². The summed E-state index contributed by atoms with van der Waals surface area (Å²) in [6, 6.07) is 8.91. The van der Waals surface area contributed by atoms with Crippen molar-refractivity contribution >= 4 is 34.7 Å². The van der Waals surface area contributed by atoms with E-state index in [0.717, 1.165) is 16.0 Å². The minimum absolute atomic E-state index is 0.146. The summed E-state index contributed by atoms with van der Waals surface area (Å²) in [6.45, 7) is 2.05. The number of nitrogens with zero attached hydrogens (tertiary/aromatic N) is 4. The lowest BCUT2D eigenvalue weighted by Crippen LogP contribution is -2.41. The third kappa shape index (κ3) is 6.30. The molecule has 2 aromatic heterocycles. The van der Waals surface area contributed by atoms with Crippen molar-refractivity contribution in [1.29, 1.82) is 0 Å². The van der Waals surface area contributed by atoms with Crippen LogP contribution in [0.4, 0.5) is 14.5 Å². The molecule has 2 aliphatic rings. The van der Waals surface area contributed by atoms with Crippen LogP contribution < -0.4 is 10.6 Å². The molecular weight excluding hydrogens is 514 g/mol. The van der Waals surface area contributed by atoms with Gasteiger partial charge in [0, 0.05) is 40.4 Å². The summed E-state index contributed by atoms with van der Waals surface area (Å²) in [4.78, 5) is 39.1. The fraction of sp³-hybridized carbons (Fsp3) is 0.423. The molecule has 2 N–H and O–H groups in total. The first-order valence-corrected chi connectivity index (χ1v) is 13.4. The Balaban J connectivity index is 1.11. The predicted octanol–water partition coefficient (Wildman–Crippen LogP) is 3.64. The molecule has 38 heavy (non-hydrogen) atoms. The largest absolute Gasteiger partial charge is 0.326 e. The average Bonchev–Trinajstić information content (AvgIpc) is 3.55. The quantitative estimate of drug-likeness (QED) is 0.421. The second kappa shape index (κ2) is 11.5. The Morgan fingerprint density at radius 3 is 2.63 bits per heavy atom. The highest BCUT2D eigenvalue weighted by Gasteiger charge is 2.29. The smallest absolute Gasteiger partial charge is 0.251 e. The molecule has 200 valence electrons. The number of benzene rings is 1. The maximum atomic E-state index is 12.8. The first-order valence-electron chi connectivity index (χ1n) is 12.6. The van der Waals surface area contributed by atoms with E-state index in [-0.39, 0.29) is 30.6 Å². The minimum atomic E-state index is -2.23. The van der Waals surface area contributed by atoms with Crippen LogP contribution in [0.25, 0.3) is 11.3 Å². The van der Waals surface area contributed by atoms with Crippen LogP contribution in [-0.2, 0) is 27.3 Å². The molecule has 1 aromatic carbocycles. The Bertz CT molecular complexity index is 1300. The number of rotatable bonds is 8. The van der Waals surface area contributed by atoms with E-state index in [1.54, 1.807) is 6.20 Å². The van der Waals surface area contributed by atoms with Crippen LogP contribution in [0.1, 0.15) is 42.2 Å². The van der Waals surface area contributed by atoms with Crippen LogP contribution in [-0.4, -0.2) is 57.1 Å². The summed E-state index contributed by atoms with van der Waals surface area (Å²) < 4.78 is 27.2.